The maximum atomic E-state index is 12.2. The molecule has 20 heavy (non-hydrogen) atoms. The average molecular weight is 309 g/mol. The van der Waals surface area contributed by atoms with Crippen molar-refractivity contribution in [3.05, 3.63) is 24.3 Å². The van der Waals surface area contributed by atoms with Crippen LogP contribution in [-0.4, -0.2) is 39.2 Å². The molecular weight excluding hydrogens is 295 g/mol. The standard InChI is InChI=1S/C12H14F3NO3S/c13-12(14,15)19-10-1-3-11(4-2-10)20(18)16-7-5-9(17)6-8-16/h1-4,9,17H,5-8H2. The smallest absolute Gasteiger partial charge is 0.406 e. The Kier molecular flexibility index (Phi) is 4.66. The summed E-state index contributed by atoms with van der Waals surface area (Å²) < 4.78 is 53.7. The molecule has 1 fully saturated rings. The highest BCUT2D eigenvalue weighted by Crippen LogP contribution is 2.24. The van der Waals surface area contributed by atoms with Crippen LogP contribution in [-0.2, 0) is 11.0 Å². The van der Waals surface area contributed by atoms with E-state index in [4.69, 9.17) is 0 Å². The number of hydrogen-bond acceptors (Lipinski definition) is 3. The van der Waals surface area contributed by atoms with Crippen LogP contribution in [0.3, 0.4) is 0 Å². The number of nitrogens with zero attached hydrogens (tertiary/aromatic N) is 1. The Morgan fingerprint density at radius 3 is 2.25 bits per heavy atom. The van der Waals surface area contributed by atoms with Crippen LogP contribution in [0.1, 0.15) is 12.8 Å². The fourth-order valence-corrected chi connectivity index (χ4v) is 3.12. The predicted molar refractivity (Wildman–Crippen MR) is 66.3 cm³/mol. The second-order valence-electron chi connectivity index (χ2n) is 4.43. The van der Waals surface area contributed by atoms with Crippen LogP contribution in [0.4, 0.5) is 13.2 Å². The molecule has 1 aliphatic rings. The van der Waals surface area contributed by atoms with Gasteiger partial charge in [-0.3, -0.25) is 0 Å². The third-order valence-electron chi connectivity index (χ3n) is 2.92. The fraction of sp³-hybridized carbons (Fsp3) is 0.500. The fourth-order valence-electron chi connectivity index (χ4n) is 1.91. The van der Waals surface area contributed by atoms with E-state index in [9.17, 15) is 22.5 Å². The highest BCUT2D eigenvalue weighted by molar-refractivity contribution is 7.82. The Balaban J connectivity index is 2.00. The zero-order valence-electron chi connectivity index (χ0n) is 10.5. The van der Waals surface area contributed by atoms with Crippen LogP contribution in [0.5, 0.6) is 5.75 Å². The van der Waals surface area contributed by atoms with Gasteiger partial charge in [0.2, 0.25) is 0 Å². The molecule has 8 heteroatoms. The molecule has 4 nitrogen and oxygen atoms in total. The Labute approximate surface area is 116 Å². The van der Waals surface area contributed by atoms with E-state index in [1.807, 2.05) is 0 Å². The van der Waals surface area contributed by atoms with Crippen molar-refractivity contribution in [1.29, 1.82) is 0 Å². The number of benzene rings is 1. The van der Waals surface area contributed by atoms with Crippen molar-refractivity contribution >= 4 is 11.0 Å². The van der Waals surface area contributed by atoms with Gasteiger partial charge in [-0.05, 0) is 37.1 Å². The number of rotatable bonds is 3. The van der Waals surface area contributed by atoms with E-state index in [0.29, 0.717) is 30.8 Å². The summed E-state index contributed by atoms with van der Waals surface area (Å²) in [5.74, 6) is -0.340. The van der Waals surface area contributed by atoms with Gasteiger partial charge in [-0.2, -0.15) is 0 Å². The van der Waals surface area contributed by atoms with Gasteiger partial charge < -0.3 is 9.84 Å². The lowest BCUT2D eigenvalue weighted by atomic mass is 10.1. The normalized spacial score (nSPS) is 19.8. The summed E-state index contributed by atoms with van der Waals surface area (Å²) in [7, 11) is -1.43. The van der Waals surface area contributed by atoms with Crippen LogP contribution in [0, 0.1) is 0 Å². The van der Waals surface area contributed by atoms with Crippen LogP contribution in [0.2, 0.25) is 0 Å². The molecule has 0 aliphatic carbocycles. The molecule has 0 aromatic heterocycles. The summed E-state index contributed by atoms with van der Waals surface area (Å²) in [4.78, 5) is 0.413. The third-order valence-corrected chi connectivity index (χ3v) is 4.43. The van der Waals surface area contributed by atoms with Crippen molar-refractivity contribution in [2.24, 2.45) is 0 Å². The second kappa shape index (κ2) is 6.11. The predicted octanol–water partition coefficient (Wildman–Crippen LogP) is 2.06. The van der Waals surface area contributed by atoms with Crippen molar-refractivity contribution in [2.75, 3.05) is 13.1 Å². The molecule has 0 radical (unpaired) electrons. The number of piperidine rings is 1. The van der Waals surface area contributed by atoms with Gasteiger partial charge in [-0.1, -0.05) is 0 Å². The molecule has 0 spiro atoms. The summed E-state index contributed by atoms with van der Waals surface area (Å²) in [6, 6.07) is 4.98. The lowest BCUT2D eigenvalue weighted by Gasteiger charge is -2.28. The third kappa shape index (κ3) is 4.19. The van der Waals surface area contributed by atoms with Crippen LogP contribution in [0.15, 0.2) is 29.2 Å². The molecule has 0 amide bonds. The Morgan fingerprint density at radius 1 is 1.20 bits per heavy atom. The molecule has 1 aromatic carbocycles. The van der Waals surface area contributed by atoms with Gasteiger partial charge in [0.05, 0.1) is 11.0 Å². The molecule has 0 saturated carbocycles. The van der Waals surface area contributed by atoms with Gasteiger partial charge in [-0.25, -0.2) is 8.51 Å². The number of aliphatic hydroxyl groups excluding tert-OH is 1. The van der Waals surface area contributed by atoms with Gasteiger partial charge in [0.1, 0.15) is 16.7 Å². The molecule has 1 unspecified atom stereocenters. The van der Waals surface area contributed by atoms with Crippen molar-refractivity contribution < 1.29 is 27.2 Å². The number of hydrogen-bond donors (Lipinski definition) is 1. The summed E-state index contributed by atoms with van der Waals surface area (Å²) in [5, 5.41) is 9.38. The van der Waals surface area contributed by atoms with Crippen LogP contribution in [0.25, 0.3) is 0 Å². The van der Waals surface area contributed by atoms with E-state index < -0.39 is 17.3 Å². The number of alkyl halides is 3. The van der Waals surface area contributed by atoms with E-state index in [2.05, 4.69) is 4.74 Å². The maximum Gasteiger partial charge on any atom is 0.573 e. The summed E-state index contributed by atoms with van der Waals surface area (Å²) in [6.45, 7) is 0.989. The van der Waals surface area contributed by atoms with Crippen molar-refractivity contribution in [3.63, 3.8) is 0 Å². The second-order valence-corrected chi connectivity index (χ2v) is 5.91. The Bertz CT molecular complexity index is 470. The van der Waals surface area contributed by atoms with E-state index >= 15 is 0 Å². The number of ether oxygens (including phenoxy) is 1. The van der Waals surface area contributed by atoms with Gasteiger partial charge in [0.25, 0.3) is 0 Å². The van der Waals surface area contributed by atoms with Crippen molar-refractivity contribution in [1.82, 2.24) is 4.31 Å². The van der Waals surface area contributed by atoms with Crippen molar-refractivity contribution in [3.8, 4) is 5.75 Å². The van der Waals surface area contributed by atoms with Gasteiger partial charge in [-0.15, -0.1) is 13.2 Å². The van der Waals surface area contributed by atoms with E-state index in [1.165, 1.54) is 12.1 Å². The highest BCUT2D eigenvalue weighted by Gasteiger charge is 2.31. The monoisotopic (exact) mass is 309 g/mol. The average Bonchev–Trinajstić information content (AvgIpc) is 2.38. The number of aliphatic hydroxyl groups is 1. The first kappa shape index (κ1) is 15.3. The maximum absolute atomic E-state index is 12.2. The molecule has 1 N–H and O–H groups in total. The van der Waals surface area contributed by atoms with Gasteiger partial charge in [0, 0.05) is 13.1 Å². The molecule has 1 heterocycles. The first-order valence-corrected chi connectivity index (χ1v) is 7.16. The molecule has 2 rings (SSSR count). The van der Waals surface area contributed by atoms with Crippen LogP contribution < -0.4 is 4.74 Å². The Morgan fingerprint density at radius 2 is 1.75 bits per heavy atom. The minimum Gasteiger partial charge on any atom is -0.406 e. The van der Waals surface area contributed by atoms with Gasteiger partial charge >= 0.3 is 6.36 Å². The minimum atomic E-state index is -4.73. The van der Waals surface area contributed by atoms with Crippen molar-refractivity contribution in [2.45, 2.75) is 30.2 Å². The molecule has 1 aromatic rings. The first-order valence-electron chi connectivity index (χ1n) is 6.06. The largest absolute Gasteiger partial charge is 0.573 e. The van der Waals surface area contributed by atoms with Gasteiger partial charge in [0.15, 0.2) is 0 Å². The topological polar surface area (TPSA) is 49.8 Å². The van der Waals surface area contributed by atoms with Crippen LogP contribution >= 0.6 is 0 Å². The van der Waals surface area contributed by atoms with E-state index in [-0.39, 0.29) is 11.9 Å². The molecule has 0 bridgehead atoms. The van der Waals surface area contributed by atoms with E-state index in [1.54, 1.807) is 4.31 Å². The zero-order valence-corrected chi connectivity index (χ0v) is 11.3. The molecule has 1 aliphatic heterocycles. The van der Waals surface area contributed by atoms with E-state index in [0.717, 1.165) is 12.1 Å². The summed E-state index contributed by atoms with van der Waals surface area (Å²) in [5.41, 5.74) is 0. The number of halogens is 3. The zero-order chi connectivity index (χ0) is 14.8. The lowest BCUT2D eigenvalue weighted by molar-refractivity contribution is -0.274. The minimum absolute atomic E-state index is 0.340. The molecule has 112 valence electrons. The highest BCUT2D eigenvalue weighted by atomic mass is 32.2. The summed E-state index contributed by atoms with van der Waals surface area (Å²) >= 11 is 0. The summed E-state index contributed by atoms with van der Waals surface area (Å²) in [6.07, 6.45) is -4.02. The SMILES string of the molecule is O=S(c1ccc(OC(F)(F)F)cc1)N1CCC(O)CC1. The first-order chi connectivity index (χ1) is 9.35. The lowest BCUT2D eigenvalue weighted by Crippen LogP contribution is -2.37. The molecule has 1 saturated heterocycles. The molecular formula is C12H14F3NO3S. The Hall–Kier alpha value is -1.12. The molecule has 1 atom stereocenters. The quantitative estimate of drug-likeness (QED) is 0.930.